The summed E-state index contributed by atoms with van der Waals surface area (Å²) < 4.78 is 10.9. The van der Waals surface area contributed by atoms with Crippen LogP contribution < -0.4 is 10.6 Å². The second-order valence-electron chi connectivity index (χ2n) is 7.40. The third-order valence-electron chi connectivity index (χ3n) is 5.46. The van der Waals surface area contributed by atoms with Gasteiger partial charge in [0.25, 0.3) is 0 Å². The van der Waals surface area contributed by atoms with Gasteiger partial charge >= 0.3 is 0 Å². The molecule has 1 aliphatic rings. The van der Waals surface area contributed by atoms with Crippen LogP contribution in [0.2, 0.25) is 0 Å². The normalized spacial score (nSPS) is 16.5. The molecule has 0 amide bonds. The number of nitrogens with one attached hydrogen (secondary N) is 2. The minimum atomic E-state index is 0.346. The lowest BCUT2D eigenvalue weighted by Gasteiger charge is -2.30. The maximum atomic E-state index is 5.59. The van der Waals surface area contributed by atoms with E-state index in [9.17, 15) is 0 Å². The van der Waals surface area contributed by atoms with Gasteiger partial charge in [0.05, 0.1) is 13.2 Å². The number of hydrogen-bond donors (Lipinski definition) is 2. The molecule has 152 valence electrons. The number of nitrogens with zero attached hydrogens (tertiary/aromatic N) is 1. The maximum absolute atomic E-state index is 5.59. The van der Waals surface area contributed by atoms with Crippen LogP contribution in [0.15, 0.2) is 29.3 Å². The van der Waals surface area contributed by atoms with Crippen molar-refractivity contribution in [3.05, 3.63) is 35.4 Å². The molecule has 0 unspecified atom stereocenters. The molecule has 0 spiro atoms. The Morgan fingerprint density at radius 1 is 1.11 bits per heavy atom. The summed E-state index contributed by atoms with van der Waals surface area (Å²) in [5, 5.41) is 6.99. The van der Waals surface area contributed by atoms with Gasteiger partial charge in [-0.3, -0.25) is 0 Å². The molecule has 0 atom stereocenters. The molecule has 27 heavy (non-hydrogen) atoms. The molecule has 1 aliphatic carbocycles. The fraction of sp³-hybridized carbons (Fsp3) is 0.682. The molecule has 0 radical (unpaired) electrons. The van der Waals surface area contributed by atoms with Gasteiger partial charge in [0, 0.05) is 33.4 Å². The minimum Gasteiger partial charge on any atom is -0.385 e. The number of rotatable bonds is 11. The van der Waals surface area contributed by atoms with Crippen LogP contribution in [0.25, 0.3) is 0 Å². The van der Waals surface area contributed by atoms with Crippen LogP contribution in [0.4, 0.5) is 0 Å². The second kappa shape index (κ2) is 12.0. The molecule has 0 aliphatic heterocycles. The summed E-state index contributed by atoms with van der Waals surface area (Å²) in [6.45, 7) is 8.81. The largest absolute Gasteiger partial charge is 0.385 e. The highest BCUT2D eigenvalue weighted by Gasteiger charge is 2.33. The molecule has 2 N–H and O–H groups in total. The molecule has 1 aromatic rings. The Balaban J connectivity index is 1.99. The Labute approximate surface area is 164 Å². The first-order valence-electron chi connectivity index (χ1n) is 10.4. The number of guanidine groups is 1. The van der Waals surface area contributed by atoms with E-state index in [4.69, 9.17) is 14.5 Å². The van der Waals surface area contributed by atoms with E-state index in [1.807, 2.05) is 6.92 Å². The van der Waals surface area contributed by atoms with E-state index in [-0.39, 0.29) is 0 Å². The van der Waals surface area contributed by atoms with Gasteiger partial charge in [0.1, 0.15) is 0 Å². The van der Waals surface area contributed by atoms with E-state index in [2.05, 4.69) is 41.8 Å². The standard InChI is InChI=1S/C22H37N3O2/c1-4-23-21(25-18-22(14-15-26-3)12-8-9-13-22)24-16-19-10-6-7-11-20(19)17-27-5-2/h6-7,10-11H,4-5,8-9,12-18H2,1-3H3,(H2,23,24,25). The maximum Gasteiger partial charge on any atom is 0.191 e. The summed E-state index contributed by atoms with van der Waals surface area (Å²) >= 11 is 0. The summed E-state index contributed by atoms with van der Waals surface area (Å²) in [4.78, 5) is 4.83. The third kappa shape index (κ3) is 7.15. The average molecular weight is 376 g/mol. The molecular weight excluding hydrogens is 338 g/mol. The molecule has 1 saturated carbocycles. The first-order chi connectivity index (χ1) is 13.2. The number of aliphatic imine (C=N–C) groups is 1. The highest BCUT2D eigenvalue weighted by atomic mass is 16.5. The fourth-order valence-electron chi connectivity index (χ4n) is 3.80. The van der Waals surface area contributed by atoms with Crippen molar-refractivity contribution in [2.24, 2.45) is 10.4 Å². The zero-order valence-electron chi connectivity index (χ0n) is 17.4. The highest BCUT2D eigenvalue weighted by Crippen LogP contribution is 2.40. The van der Waals surface area contributed by atoms with E-state index in [1.54, 1.807) is 7.11 Å². The van der Waals surface area contributed by atoms with Crippen molar-refractivity contribution in [2.45, 2.75) is 59.1 Å². The van der Waals surface area contributed by atoms with Crippen molar-refractivity contribution in [3.63, 3.8) is 0 Å². The summed E-state index contributed by atoms with van der Waals surface area (Å²) in [6, 6.07) is 8.39. The highest BCUT2D eigenvalue weighted by molar-refractivity contribution is 5.79. The second-order valence-corrected chi connectivity index (χ2v) is 7.40. The van der Waals surface area contributed by atoms with Crippen LogP contribution in [0.5, 0.6) is 0 Å². The minimum absolute atomic E-state index is 0.346. The predicted molar refractivity (Wildman–Crippen MR) is 112 cm³/mol. The number of hydrogen-bond acceptors (Lipinski definition) is 3. The van der Waals surface area contributed by atoms with Crippen LogP contribution in [0.1, 0.15) is 57.1 Å². The molecule has 5 nitrogen and oxygen atoms in total. The molecule has 0 aromatic heterocycles. The monoisotopic (exact) mass is 375 g/mol. The number of methoxy groups -OCH3 is 1. The molecule has 0 saturated heterocycles. The summed E-state index contributed by atoms with van der Waals surface area (Å²) in [5.41, 5.74) is 2.78. The predicted octanol–water partition coefficient (Wildman–Crippen LogP) is 3.88. The molecule has 2 rings (SSSR count). The van der Waals surface area contributed by atoms with Crippen LogP contribution in [-0.4, -0.2) is 39.4 Å². The van der Waals surface area contributed by atoms with Crippen molar-refractivity contribution < 1.29 is 9.47 Å². The van der Waals surface area contributed by atoms with E-state index in [0.717, 1.165) is 38.7 Å². The first kappa shape index (κ1) is 21.7. The lowest BCUT2D eigenvalue weighted by Crippen LogP contribution is -2.43. The van der Waals surface area contributed by atoms with E-state index in [1.165, 1.54) is 36.8 Å². The molecule has 0 heterocycles. The van der Waals surface area contributed by atoms with Gasteiger partial charge in [0.15, 0.2) is 5.96 Å². The van der Waals surface area contributed by atoms with Gasteiger partial charge in [-0.1, -0.05) is 37.1 Å². The van der Waals surface area contributed by atoms with Crippen molar-refractivity contribution in [2.75, 3.05) is 33.4 Å². The molecule has 0 bridgehead atoms. The Kier molecular flexibility index (Phi) is 9.64. The first-order valence-corrected chi connectivity index (χ1v) is 10.4. The van der Waals surface area contributed by atoms with E-state index >= 15 is 0 Å². The zero-order chi connectivity index (χ0) is 19.4. The lowest BCUT2D eigenvalue weighted by molar-refractivity contribution is 0.133. The fourth-order valence-corrected chi connectivity index (χ4v) is 3.80. The van der Waals surface area contributed by atoms with Gasteiger partial charge in [-0.15, -0.1) is 0 Å². The SMILES string of the molecule is CCNC(=NCc1ccccc1COCC)NCC1(CCOC)CCCC1. The Hall–Kier alpha value is -1.59. The third-order valence-corrected chi connectivity index (χ3v) is 5.46. The number of ether oxygens (including phenoxy) is 2. The van der Waals surface area contributed by atoms with Gasteiger partial charge in [0.2, 0.25) is 0 Å². The molecular formula is C22H37N3O2. The Bertz CT molecular complexity index is 568. The van der Waals surface area contributed by atoms with Crippen LogP contribution in [0.3, 0.4) is 0 Å². The number of benzene rings is 1. The van der Waals surface area contributed by atoms with Crippen LogP contribution in [0, 0.1) is 5.41 Å². The molecule has 5 heteroatoms. The van der Waals surface area contributed by atoms with Gasteiger partial charge in [-0.2, -0.15) is 0 Å². The van der Waals surface area contributed by atoms with Gasteiger partial charge in [-0.25, -0.2) is 4.99 Å². The van der Waals surface area contributed by atoms with Crippen molar-refractivity contribution in [3.8, 4) is 0 Å². The lowest BCUT2D eigenvalue weighted by atomic mass is 9.83. The topological polar surface area (TPSA) is 54.9 Å². The quantitative estimate of drug-likeness (QED) is 0.455. The van der Waals surface area contributed by atoms with E-state index in [0.29, 0.717) is 18.6 Å². The summed E-state index contributed by atoms with van der Waals surface area (Å²) in [5.74, 6) is 0.896. The average Bonchev–Trinajstić information content (AvgIpc) is 3.16. The Morgan fingerprint density at radius 3 is 2.52 bits per heavy atom. The Morgan fingerprint density at radius 2 is 1.85 bits per heavy atom. The summed E-state index contributed by atoms with van der Waals surface area (Å²) in [7, 11) is 1.79. The smallest absolute Gasteiger partial charge is 0.191 e. The summed E-state index contributed by atoms with van der Waals surface area (Å²) in [6.07, 6.45) is 6.32. The molecule has 1 aromatic carbocycles. The van der Waals surface area contributed by atoms with Crippen molar-refractivity contribution in [1.29, 1.82) is 0 Å². The van der Waals surface area contributed by atoms with Crippen LogP contribution in [-0.2, 0) is 22.6 Å². The molecule has 1 fully saturated rings. The van der Waals surface area contributed by atoms with Gasteiger partial charge in [-0.05, 0) is 49.7 Å². The van der Waals surface area contributed by atoms with Crippen molar-refractivity contribution >= 4 is 5.96 Å². The van der Waals surface area contributed by atoms with Crippen molar-refractivity contribution in [1.82, 2.24) is 10.6 Å². The van der Waals surface area contributed by atoms with E-state index < -0.39 is 0 Å². The zero-order valence-corrected chi connectivity index (χ0v) is 17.4. The van der Waals surface area contributed by atoms with Crippen LogP contribution >= 0.6 is 0 Å². The van der Waals surface area contributed by atoms with Gasteiger partial charge < -0.3 is 20.1 Å².